The molecule has 0 fully saturated rings. The maximum atomic E-state index is 12.2. The van der Waals surface area contributed by atoms with Crippen molar-refractivity contribution in [2.75, 3.05) is 6.54 Å². The molecule has 0 spiro atoms. The van der Waals surface area contributed by atoms with Gasteiger partial charge in [0.2, 0.25) is 5.28 Å². The molecule has 2 rings (SSSR count). The van der Waals surface area contributed by atoms with Crippen LogP contribution in [0.1, 0.15) is 17.5 Å². The molecule has 0 amide bonds. The van der Waals surface area contributed by atoms with Crippen LogP contribution in [0.3, 0.4) is 0 Å². The van der Waals surface area contributed by atoms with Gasteiger partial charge in [-0.05, 0) is 11.6 Å². The lowest BCUT2D eigenvalue weighted by Gasteiger charge is -2.26. The predicted octanol–water partition coefficient (Wildman–Crippen LogP) is 2.03. The van der Waals surface area contributed by atoms with Crippen LogP contribution in [0.5, 0.6) is 0 Å². The zero-order chi connectivity index (χ0) is 14.2. The topological polar surface area (TPSA) is 64.1 Å². The number of rotatable bonds is 1. The van der Waals surface area contributed by atoms with Crippen LogP contribution in [0.2, 0.25) is 10.4 Å². The van der Waals surface area contributed by atoms with Crippen molar-refractivity contribution in [3.05, 3.63) is 21.7 Å². The van der Waals surface area contributed by atoms with Gasteiger partial charge in [0.15, 0.2) is 6.23 Å². The molecule has 0 aliphatic carbocycles. The van der Waals surface area contributed by atoms with Gasteiger partial charge in [0.1, 0.15) is 5.15 Å². The molecule has 1 unspecified atom stereocenters. The molecule has 1 aromatic rings. The van der Waals surface area contributed by atoms with Crippen molar-refractivity contribution in [2.24, 2.45) is 0 Å². The van der Waals surface area contributed by atoms with E-state index in [0.29, 0.717) is 12.1 Å². The Kier molecular flexibility index (Phi) is 3.84. The summed E-state index contributed by atoms with van der Waals surface area (Å²) in [5, 5.41) is 2.32. The van der Waals surface area contributed by atoms with Gasteiger partial charge in [-0.3, -0.25) is 5.32 Å². The lowest BCUT2D eigenvalue weighted by molar-refractivity contribution is -0.207. The van der Waals surface area contributed by atoms with Crippen molar-refractivity contribution in [2.45, 2.75) is 18.8 Å². The minimum atomic E-state index is -5.08. The van der Waals surface area contributed by atoms with Crippen LogP contribution < -0.4 is 5.32 Å². The van der Waals surface area contributed by atoms with Crippen LogP contribution in [0.4, 0.5) is 13.2 Å². The molecule has 0 saturated heterocycles. The van der Waals surface area contributed by atoms with Gasteiger partial charge in [-0.1, -0.05) is 11.6 Å². The molecule has 2 heterocycles. The van der Waals surface area contributed by atoms with E-state index in [2.05, 4.69) is 20.0 Å². The number of esters is 1. The molecule has 1 atom stereocenters. The first-order chi connectivity index (χ1) is 8.79. The number of nitrogens with one attached hydrogen (secondary N) is 1. The first-order valence-corrected chi connectivity index (χ1v) is 5.77. The summed E-state index contributed by atoms with van der Waals surface area (Å²) in [5.41, 5.74) is 0.443. The Morgan fingerprint density at radius 2 is 2.05 bits per heavy atom. The smallest absolute Gasteiger partial charge is 0.435 e. The number of nitrogens with zero attached hydrogens (tertiary/aromatic N) is 2. The molecule has 1 aromatic heterocycles. The second kappa shape index (κ2) is 5.10. The average molecular weight is 316 g/mol. The van der Waals surface area contributed by atoms with E-state index in [1.807, 2.05) is 0 Å². The van der Waals surface area contributed by atoms with Gasteiger partial charge in [0.25, 0.3) is 0 Å². The van der Waals surface area contributed by atoms with E-state index in [4.69, 9.17) is 23.2 Å². The third-order valence-corrected chi connectivity index (χ3v) is 2.82. The molecule has 1 aliphatic rings. The van der Waals surface area contributed by atoms with Crippen LogP contribution in [-0.2, 0) is 16.0 Å². The maximum Gasteiger partial charge on any atom is 0.490 e. The van der Waals surface area contributed by atoms with Gasteiger partial charge in [-0.2, -0.15) is 13.2 Å². The Labute approximate surface area is 115 Å². The van der Waals surface area contributed by atoms with E-state index in [1.54, 1.807) is 0 Å². The Hall–Kier alpha value is -1.12. The van der Waals surface area contributed by atoms with E-state index in [9.17, 15) is 18.0 Å². The highest BCUT2D eigenvalue weighted by Gasteiger charge is 2.43. The first kappa shape index (κ1) is 14.3. The molecule has 104 valence electrons. The Bertz CT molecular complexity index is 524. The van der Waals surface area contributed by atoms with Crippen LogP contribution in [0.25, 0.3) is 0 Å². The van der Waals surface area contributed by atoms with Crippen molar-refractivity contribution < 1.29 is 22.7 Å². The van der Waals surface area contributed by atoms with Gasteiger partial charge in [0, 0.05) is 13.0 Å². The summed E-state index contributed by atoms with van der Waals surface area (Å²) >= 11 is 11.4. The number of hydrogen-bond donors (Lipinski definition) is 1. The Balaban J connectivity index is 2.30. The largest absolute Gasteiger partial charge is 0.490 e. The van der Waals surface area contributed by atoms with Crippen LogP contribution in [0.15, 0.2) is 0 Å². The number of hydrogen-bond acceptors (Lipinski definition) is 5. The summed E-state index contributed by atoms with van der Waals surface area (Å²) in [6.45, 7) is 0.270. The van der Waals surface area contributed by atoms with Crippen LogP contribution in [0, 0.1) is 0 Å². The molecular formula is C9H6Cl2F3N3O2. The lowest BCUT2D eigenvalue weighted by Crippen LogP contribution is -2.37. The maximum absolute atomic E-state index is 12.2. The molecule has 0 radical (unpaired) electrons. The third-order valence-electron chi connectivity index (χ3n) is 2.36. The molecule has 1 aliphatic heterocycles. The standard InChI is InChI=1S/C9H6Cl2F3N3O2/c10-5-4-3(16-8(11)17-5)1-2-15-6(4)19-7(18)9(12,13)14/h6,15H,1-2H2. The van der Waals surface area contributed by atoms with E-state index >= 15 is 0 Å². The fraction of sp³-hybridized carbons (Fsp3) is 0.444. The summed E-state index contributed by atoms with van der Waals surface area (Å²) in [6.07, 6.45) is -6.04. The van der Waals surface area contributed by atoms with Crippen molar-refractivity contribution >= 4 is 29.2 Å². The zero-order valence-corrected chi connectivity index (χ0v) is 10.6. The number of ether oxygens (including phenoxy) is 1. The van der Waals surface area contributed by atoms with Crippen LogP contribution in [-0.4, -0.2) is 28.7 Å². The second-order valence-corrected chi connectivity index (χ2v) is 4.33. The monoisotopic (exact) mass is 315 g/mol. The van der Waals surface area contributed by atoms with E-state index in [-0.39, 0.29) is 22.5 Å². The molecule has 0 aromatic carbocycles. The zero-order valence-electron chi connectivity index (χ0n) is 9.09. The number of carbonyl (C=O) groups is 1. The number of fused-ring (bicyclic) bond motifs is 1. The highest BCUT2D eigenvalue weighted by molar-refractivity contribution is 6.32. The molecule has 0 bridgehead atoms. The number of halogens is 5. The Morgan fingerprint density at radius 3 is 2.68 bits per heavy atom. The van der Waals surface area contributed by atoms with Crippen molar-refractivity contribution in [1.29, 1.82) is 0 Å². The normalized spacial score (nSPS) is 18.9. The summed E-state index contributed by atoms with van der Waals surface area (Å²) in [6, 6.07) is 0. The number of aromatic nitrogens is 2. The van der Waals surface area contributed by atoms with Gasteiger partial charge in [-0.15, -0.1) is 0 Å². The summed E-state index contributed by atoms with van der Waals surface area (Å²) < 4.78 is 40.8. The Morgan fingerprint density at radius 1 is 1.37 bits per heavy atom. The van der Waals surface area contributed by atoms with Gasteiger partial charge < -0.3 is 4.74 Å². The lowest BCUT2D eigenvalue weighted by atomic mass is 10.1. The van der Waals surface area contributed by atoms with Crippen molar-refractivity contribution in [3.8, 4) is 0 Å². The predicted molar refractivity (Wildman–Crippen MR) is 58.6 cm³/mol. The minimum Gasteiger partial charge on any atom is -0.435 e. The quantitative estimate of drug-likeness (QED) is 0.488. The fourth-order valence-electron chi connectivity index (χ4n) is 1.61. The minimum absolute atomic E-state index is 0.0925. The molecule has 19 heavy (non-hydrogen) atoms. The fourth-order valence-corrected chi connectivity index (χ4v) is 2.12. The number of alkyl halides is 3. The third kappa shape index (κ3) is 3.07. The van der Waals surface area contributed by atoms with E-state index < -0.39 is 18.4 Å². The van der Waals surface area contributed by atoms with Crippen molar-refractivity contribution in [1.82, 2.24) is 15.3 Å². The van der Waals surface area contributed by atoms with E-state index in [0.717, 1.165) is 0 Å². The highest BCUT2D eigenvalue weighted by atomic mass is 35.5. The summed E-state index contributed by atoms with van der Waals surface area (Å²) in [5.74, 6) is -2.32. The second-order valence-electron chi connectivity index (χ2n) is 3.63. The highest BCUT2D eigenvalue weighted by Crippen LogP contribution is 2.31. The van der Waals surface area contributed by atoms with Gasteiger partial charge in [0.05, 0.1) is 11.3 Å². The van der Waals surface area contributed by atoms with Crippen molar-refractivity contribution in [3.63, 3.8) is 0 Å². The molecular weight excluding hydrogens is 310 g/mol. The number of carbonyl (C=O) groups excluding carboxylic acids is 1. The molecule has 0 saturated carbocycles. The van der Waals surface area contributed by atoms with E-state index in [1.165, 1.54) is 0 Å². The molecule has 1 N–H and O–H groups in total. The average Bonchev–Trinajstić information content (AvgIpc) is 2.26. The van der Waals surface area contributed by atoms with Gasteiger partial charge >= 0.3 is 12.1 Å². The van der Waals surface area contributed by atoms with Crippen LogP contribution >= 0.6 is 23.2 Å². The molecule has 10 heteroatoms. The first-order valence-electron chi connectivity index (χ1n) is 5.02. The SMILES string of the molecule is O=C(OC1NCCc2nc(Cl)nc(Cl)c21)C(F)(F)F. The molecule has 5 nitrogen and oxygen atoms in total. The van der Waals surface area contributed by atoms with Gasteiger partial charge in [-0.25, -0.2) is 14.8 Å². The summed E-state index contributed by atoms with van der Waals surface area (Å²) in [7, 11) is 0. The summed E-state index contributed by atoms with van der Waals surface area (Å²) in [4.78, 5) is 18.3.